The van der Waals surface area contributed by atoms with E-state index in [0.717, 1.165) is 0 Å². The van der Waals surface area contributed by atoms with Crippen molar-refractivity contribution in [2.24, 2.45) is 0 Å². The van der Waals surface area contributed by atoms with Gasteiger partial charge in [-0.3, -0.25) is 9.59 Å². The van der Waals surface area contributed by atoms with Gasteiger partial charge in [0, 0.05) is 0 Å². The van der Waals surface area contributed by atoms with Gasteiger partial charge in [0.25, 0.3) is 0 Å². The highest BCUT2D eigenvalue weighted by Gasteiger charge is 2.18. The number of hydrogen-bond acceptors (Lipinski definition) is 3. The van der Waals surface area contributed by atoms with Crippen molar-refractivity contribution in [3.63, 3.8) is 0 Å². The summed E-state index contributed by atoms with van der Waals surface area (Å²) in [5, 5.41) is 10.6. The Morgan fingerprint density at radius 2 is 2.00 bits per heavy atom. The highest BCUT2D eigenvalue weighted by Crippen LogP contribution is 1.82. The van der Waals surface area contributed by atoms with E-state index in [1.807, 2.05) is 0 Å². The van der Waals surface area contributed by atoms with Crippen LogP contribution in [0.15, 0.2) is 0 Å². The second-order valence-corrected chi connectivity index (χ2v) is 1.67. The van der Waals surface area contributed by atoms with Crippen molar-refractivity contribution >= 4 is 11.8 Å². The molecule has 1 atom stereocenters. The first-order valence-corrected chi connectivity index (χ1v) is 2.50. The molecule has 0 radical (unpaired) electrons. The quantitative estimate of drug-likeness (QED) is 0.494. The van der Waals surface area contributed by atoms with E-state index in [4.69, 9.17) is 5.11 Å². The summed E-state index contributed by atoms with van der Waals surface area (Å²) >= 11 is 0. The molecule has 0 aliphatic heterocycles. The zero-order chi connectivity index (χ0) is 7.44. The summed E-state index contributed by atoms with van der Waals surface area (Å²) in [4.78, 5) is 20.5. The lowest BCUT2D eigenvalue weighted by Gasteiger charge is -2.04. The molecule has 0 spiro atoms. The molecular formula is C5H9NO3. The van der Waals surface area contributed by atoms with Crippen molar-refractivity contribution in [1.29, 1.82) is 0 Å². The molecule has 0 amide bonds. The number of carbonyl (C=O) groups is 2. The summed E-state index contributed by atoms with van der Waals surface area (Å²) in [5.74, 6) is -1.52. The summed E-state index contributed by atoms with van der Waals surface area (Å²) in [6, 6.07) is -1.05. The highest BCUT2D eigenvalue weighted by molar-refractivity contribution is 6.00. The van der Waals surface area contributed by atoms with Gasteiger partial charge in [0.15, 0.2) is 11.8 Å². The molecular weight excluding hydrogens is 122 g/mol. The first kappa shape index (κ1) is 8.10. The van der Waals surface area contributed by atoms with Crippen molar-refractivity contribution in [3.8, 4) is 0 Å². The number of rotatable bonds is 3. The van der Waals surface area contributed by atoms with E-state index in [-0.39, 0.29) is 5.78 Å². The summed E-state index contributed by atoms with van der Waals surface area (Å²) in [5.41, 5.74) is 0. The predicted molar refractivity (Wildman–Crippen MR) is 31.2 cm³/mol. The average Bonchev–Trinajstić information content (AvgIpc) is 1.64. The van der Waals surface area contributed by atoms with Crippen LogP contribution in [0, 0.1) is 0 Å². The smallest absolute Gasteiger partial charge is 0.328 e. The van der Waals surface area contributed by atoms with Crippen LogP contribution in [0.5, 0.6) is 0 Å². The van der Waals surface area contributed by atoms with Gasteiger partial charge >= 0.3 is 5.97 Å². The van der Waals surface area contributed by atoms with Crippen LogP contribution in [0.4, 0.5) is 0 Å². The minimum Gasteiger partial charge on any atom is -0.480 e. The number of aliphatic carboxylic acids is 1. The van der Waals surface area contributed by atoms with Crippen molar-refractivity contribution in [3.05, 3.63) is 0 Å². The maximum atomic E-state index is 10.4. The van der Waals surface area contributed by atoms with E-state index >= 15 is 0 Å². The molecule has 0 aromatic carbocycles. The average molecular weight is 131 g/mol. The predicted octanol–water partition coefficient (Wildman–Crippen LogP) is -0.752. The number of hydrogen-bond donors (Lipinski definition) is 2. The number of Topliss-reactive ketones (excluding diaryl/α,β-unsaturated/α-hetero) is 1. The fraction of sp³-hybridized carbons (Fsp3) is 0.600. The van der Waals surface area contributed by atoms with E-state index in [1.54, 1.807) is 0 Å². The van der Waals surface area contributed by atoms with Gasteiger partial charge in [-0.1, -0.05) is 0 Å². The topological polar surface area (TPSA) is 66.4 Å². The largest absolute Gasteiger partial charge is 0.480 e. The van der Waals surface area contributed by atoms with Crippen LogP contribution in [0.3, 0.4) is 0 Å². The van der Waals surface area contributed by atoms with Crippen LogP contribution in [0.2, 0.25) is 0 Å². The Kier molecular flexibility index (Phi) is 2.87. The van der Waals surface area contributed by atoms with Crippen molar-refractivity contribution in [2.75, 3.05) is 7.05 Å². The first-order valence-electron chi connectivity index (χ1n) is 2.50. The number of carbonyl (C=O) groups excluding carboxylic acids is 1. The molecule has 0 aliphatic rings. The monoisotopic (exact) mass is 131 g/mol. The van der Waals surface area contributed by atoms with Gasteiger partial charge in [0.2, 0.25) is 0 Å². The Balaban J connectivity index is 3.99. The second kappa shape index (κ2) is 3.19. The van der Waals surface area contributed by atoms with Crippen LogP contribution in [-0.2, 0) is 9.59 Å². The summed E-state index contributed by atoms with van der Waals surface area (Å²) in [7, 11) is 1.43. The zero-order valence-corrected chi connectivity index (χ0v) is 5.34. The lowest BCUT2D eigenvalue weighted by Crippen LogP contribution is -2.39. The molecule has 2 N–H and O–H groups in total. The van der Waals surface area contributed by atoms with Gasteiger partial charge in [-0.25, -0.2) is 0 Å². The van der Waals surface area contributed by atoms with Crippen molar-refractivity contribution in [2.45, 2.75) is 13.0 Å². The number of carboxylic acids is 1. The summed E-state index contributed by atoms with van der Waals surface area (Å²) in [6.45, 7) is 1.23. The molecule has 0 aliphatic carbocycles. The Morgan fingerprint density at radius 1 is 1.56 bits per heavy atom. The van der Waals surface area contributed by atoms with Crippen LogP contribution in [-0.4, -0.2) is 29.9 Å². The van der Waals surface area contributed by atoms with Crippen LogP contribution >= 0.6 is 0 Å². The first-order chi connectivity index (χ1) is 4.09. The maximum Gasteiger partial charge on any atom is 0.328 e. The molecule has 4 nitrogen and oxygen atoms in total. The third-order valence-corrected chi connectivity index (χ3v) is 0.942. The van der Waals surface area contributed by atoms with Gasteiger partial charge in [-0.2, -0.15) is 0 Å². The van der Waals surface area contributed by atoms with Crippen LogP contribution in [0.1, 0.15) is 6.92 Å². The fourth-order valence-electron chi connectivity index (χ4n) is 0.501. The Hall–Kier alpha value is -0.900. The third kappa shape index (κ3) is 2.23. The Labute approximate surface area is 52.9 Å². The third-order valence-electron chi connectivity index (χ3n) is 0.942. The van der Waals surface area contributed by atoms with E-state index in [1.165, 1.54) is 14.0 Å². The van der Waals surface area contributed by atoms with E-state index in [0.29, 0.717) is 0 Å². The van der Waals surface area contributed by atoms with E-state index in [9.17, 15) is 9.59 Å². The minimum atomic E-state index is -1.13. The Morgan fingerprint density at radius 3 is 2.00 bits per heavy atom. The number of ketones is 1. The molecule has 0 saturated heterocycles. The van der Waals surface area contributed by atoms with Gasteiger partial charge in [-0.15, -0.1) is 0 Å². The lowest BCUT2D eigenvalue weighted by atomic mass is 10.2. The standard InChI is InChI=1S/C5H9NO3/c1-3(7)4(6-2)5(8)9/h4,6H,1-2H3,(H,8,9)/t4-/m0/s1. The van der Waals surface area contributed by atoms with Gasteiger partial charge in [0.1, 0.15) is 0 Å². The van der Waals surface area contributed by atoms with E-state index < -0.39 is 12.0 Å². The highest BCUT2D eigenvalue weighted by atomic mass is 16.4. The lowest BCUT2D eigenvalue weighted by molar-refractivity contribution is -0.142. The SMILES string of the molecule is CN[C@@H](C(C)=O)C(=O)O. The Bertz CT molecular complexity index is 118. The molecule has 9 heavy (non-hydrogen) atoms. The molecule has 0 aromatic rings. The molecule has 0 fully saturated rings. The number of likely N-dealkylation sites (N-methyl/N-ethyl adjacent to an activating group) is 1. The van der Waals surface area contributed by atoms with Gasteiger partial charge in [-0.05, 0) is 14.0 Å². The zero-order valence-electron chi connectivity index (χ0n) is 5.34. The molecule has 52 valence electrons. The molecule has 0 aromatic heterocycles. The summed E-state index contributed by atoms with van der Waals surface area (Å²) < 4.78 is 0. The van der Waals surface area contributed by atoms with Crippen molar-refractivity contribution in [1.82, 2.24) is 5.32 Å². The summed E-state index contributed by atoms with van der Waals surface area (Å²) in [6.07, 6.45) is 0. The molecule has 0 bridgehead atoms. The van der Waals surface area contributed by atoms with E-state index in [2.05, 4.69) is 5.32 Å². The number of carboxylic acid groups (broad SMARTS) is 1. The van der Waals surface area contributed by atoms with Gasteiger partial charge < -0.3 is 10.4 Å². The van der Waals surface area contributed by atoms with Gasteiger partial charge in [0.05, 0.1) is 0 Å². The molecule has 0 heterocycles. The number of nitrogens with one attached hydrogen (secondary N) is 1. The second-order valence-electron chi connectivity index (χ2n) is 1.67. The molecule has 0 rings (SSSR count). The molecule has 0 unspecified atom stereocenters. The van der Waals surface area contributed by atoms with Crippen molar-refractivity contribution < 1.29 is 14.7 Å². The maximum absolute atomic E-state index is 10.4. The van der Waals surface area contributed by atoms with Crippen LogP contribution < -0.4 is 5.32 Å². The fourth-order valence-corrected chi connectivity index (χ4v) is 0.501. The molecule has 0 saturated carbocycles. The molecule has 4 heteroatoms. The normalized spacial score (nSPS) is 12.7. The minimum absolute atomic E-state index is 0.384. The van der Waals surface area contributed by atoms with Crippen LogP contribution in [0.25, 0.3) is 0 Å².